The Balaban J connectivity index is 2.49. The summed E-state index contributed by atoms with van der Waals surface area (Å²) in [5.41, 5.74) is 8.55. The molecule has 2 rings (SSSR count). The van der Waals surface area contributed by atoms with Crippen molar-refractivity contribution < 1.29 is 9.53 Å². The Morgan fingerprint density at radius 3 is 2.65 bits per heavy atom. The molecule has 106 valence electrons. The van der Waals surface area contributed by atoms with Gasteiger partial charge in [-0.05, 0) is 49.3 Å². The Morgan fingerprint density at radius 1 is 1.40 bits per heavy atom. The SMILES string of the molecule is COc1ccc([C@H]2NC(=S)NC(C)=C2C(N)=O)cc1C. The molecule has 1 heterocycles. The van der Waals surface area contributed by atoms with Crippen molar-refractivity contribution in [1.82, 2.24) is 10.6 Å². The maximum Gasteiger partial charge on any atom is 0.248 e. The average molecular weight is 291 g/mol. The lowest BCUT2D eigenvalue weighted by Crippen LogP contribution is -2.46. The average Bonchev–Trinajstić information content (AvgIpc) is 2.37. The first-order valence-corrected chi connectivity index (χ1v) is 6.57. The molecule has 20 heavy (non-hydrogen) atoms. The van der Waals surface area contributed by atoms with E-state index in [1.807, 2.05) is 25.1 Å². The number of aryl methyl sites for hydroxylation is 1. The molecule has 1 amide bonds. The van der Waals surface area contributed by atoms with Gasteiger partial charge in [0.25, 0.3) is 0 Å². The summed E-state index contributed by atoms with van der Waals surface area (Å²) in [4.78, 5) is 11.7. The topological polar surface area (TPSA) is 76.4 Å². The molecular weight excluding hydrogens is 274 g/mol. The van der Waals surface area contributed by atoms with E-state index in [1.54, 1.807) is 14.0 Å². The number of thiocarbonyl (C=S) groups is 1. The molecule has 0 unspecified atom stereocenters. The highest BCUT2D eigenvalue weighted by atomic mass is 32.1. The maximum atomic E-state index is 11.7. The fourth-order valence-electron chi connectivity index (χ4n) is 2.35. The monoisotopic (exact) mass is 291 g/mol. The number of rotatable bonds is 3. The minimum atomic E-state index is -0.469. The zero-order valence-corrected chi connectivity index (χ0v) is 12.4. The van der Waals surface area contributed by atoms with E-state index in [2.05, 4.69) is 10.6 Å². The number of benzene rings is 1. The van der Waals surface area contributed by atoms with Gasteiger partial charge in [-0.1, -0.05) is 6.07 Å². The fourth-order valence-corrected chi connectivity index (χ4v) is 2.62. The van der Waals surface area contributed by atoms with Gasteiger partial charge in [-0.3, -0.25) is 4.79 Å². The van der Waals surface area contributed by atoms with Crippen LogP contribution < -0.4 is 21.1 Å². The normalized spacial score (nSPS) is 18.4. The van der Waals surface area contributed by atoms with Crippen molar-refractivity contribution in [2.45, 2.75) is 19.9 Å². The summed E-state index contributed by atoms with van der Waals surface area (Å²) in [6, 6.07) is 5.38. The Kier molecular flexibility index (Phi) is 3.94. The minimum Gasteiger partial charge on any atom is -0.496 e. The second-order valence-corrected chi connectivity index (χ2v) is 5.07. The van der Waals surface area contributed by atoms with Gasteiger partial charge in [0.2, 0.25) is 5.91 Å². The lowest BCUT2D eigenvalue weighted by atomic mass is 9.94. The van der Waals surface area contributed by atoms with Gasteiger partial charge in [0.05, 0.1) is 18.7 Å². The van der Waals surface area contributed by atoms with Crippen molar-refractivity contribution in [3.63, 3.8) is 0 Å². The van der Waals surface area contributed by atoms with Crippen LogP contribution in [0.2, 0.25) is 0 Å². The molecule has 0 spiro atoms. The second kappa shape index (κ2) is 5.50. The molecule has 0 radical (unpaired) electrons. The van der Waals surface area contributed by atoms with Gasteiger partial charge in [-0.2, -0.15) is 0 Å². The standard InChI is InChI=1S/C14H17N3O2S/c1-7-6-9(4-5-10(7)19-3)12-11(13(15)18)8(2)16-14(20)17-12/h4-6,12H,1-3H3,(H2,15,18)(H2,16,17,20)/t12-/m1/s1. The number of methoxy groups -OCH3 is 1. The summed E-state index contributed by atoms with van der Waals surface area (Å²) < 4.78 is 5.24. The summed E-state index contributed by atoms with van der Waals surface area (Å²) in [6.45, 7) is 3.73. The molecule has 0 aromatic heterocycles. The van der Waals surface area contributed by atoms with Crippen molar-refractivity contribution >= 4 is 23.2 Å². The second-order valence-electron chi connectivity index (χ2n) is 4.66. The number of nitrogens with one attached hydrogen (secondary N) is 2. The van der Waals surface area contributed by atoms with Gasteiger partial charge >= 0.3 is 0 Å². The third-order valence-electron chi connectivity index (χ3n) is 3.29. The molecular formula is C14H17N3O2S. The minimum absolute atomic E-state index is 0.342. The molecule has 1 aromatic carbocycles. The Morgan fingerprint density at radius 2 is 2.10 bits per heavy atom. The molecule has 1 aliphatic heterocycles. The first-order valence-electron chi connectivity index (χ1n) is 6.16. The highest BCUT2D eigenvalue weighted by molar-refractivity contribution is 7.80. The smallest absolute Gasteiger partial charge is 0.248 e. The van der Waals surface area contributed by atoms with Gasteiger partial charge in [-0.25, -0.2) is 0 Å². The molecule has 5 nitrogen and oxygen atoms in total. The van der Waals surface area contributed by atoms with Gasteiger partial charge in [0.1, 0.15) is 5.75 Å². The zero-order valence-electron chi connectivity index (χ0n) is 11.6. The third-order valence-corrected chi connectivity index (χ3v) is 3.51. The Hall–Kier alpha value is -2.08. The van der Waals surface area contributed by atoms with E-state index in [1.165, 1.54) is 0 Å². The largest absolute Gasteiger partial charge is 0.496 e. The van der Waals surface area contributed by atoms with Crippen LogP contribution in [0.3, 0.4) is 0 Å². The summed E-state index contributed by atoms with van der Waals surface area (Å²) >= 11 is 5.15. The van der Waals surface area contributed by atoms with Gasteiger partial charge in [0, 0.05) is 5.70 Å². The van der Waals surface area contributed by atoms with E-state index in [4.69, 9.17) is 22.7 Å². The number of hydrogen-bond donors (Lipinski definition) is 3. The quantitative estimate of drug-likeness (QED) is 0.731. The molecule has 0 fully saturated rings. The van der Waals surface area contributed by atoms with E-state index in [-0.39, 0.29) is 6.04 Å². The van der Waals surface area contributed by atoms with E-state index in [0.717, 1.165) is 16.9 Å². The van der Waals surface area contributed by atoms with Crippen LogP contribution in [0.15, 0.2) is 29.5 Å². The molecule has 1 aliphatic rings. The van der Waals surface area contributed by atoms with Crippen molar-refractivity contribution in [3.05, 3.63) is 40.6 Å². The molecule has 4 N–H and O–H groups in total. The van der Waals surface area contributed by atoms with Crippen LogP contribution in [-0.4, -0.2) is 18.1 Å². The van der Waals surface area contributed by atoms with E-state index in [9.17, 15) is 4.79 Å². The molecule has 0 saturated heterocycles. The number of ether oxygens (including phenoxy) is 1. The molecule has 0 saturated carbocycles. The molecule has 0 bridgehead atoms. The Labute approximate surface area is 123 Å². The summed E-state index contributed by atoms with van der Waals surface area (Å²) in [7, 11) is 1.62. The van der Waals surface area contributed by atoms with E-state index in [0.29, 0.717) is 16.4 Å². The van der Waals surface area contributed by atoms with Crippen LogP contribution >= 0.6 is 12.2 Å². The van der Waals surface area contributed by atoms with Crippen LogP contribution in [0.1, 0.15) is 24.1 Å². The summed E-state index contributed by atoms with van der Waals surface area (Å²) in [5.74, 6) is 0.329. The lowest BCUT2D eigenvalue weighted by molar-refractivity contribution is -0.115. The maximum absolute atomic E-state index is 11.7. The van der Waals surface area contributed by atoms with E-state index < -0.39 is 5.91 Å². The fraction of sp³-hybridized carbons (Fsp3) is 0.286. The number of carbonyl (C=O) groups excluding carboxylic acids is 1. The number of nitrogens with two attached hydrogens (primary N) is 1. The van der Waals surface area contributed by atoms with Gasteiger partial charge in [-0.15, -0.1) is 0 Å². The van der Waals surface area contributed by atoms with Crippen molar-refractivity contribution in [2.24, 2.45) is 5.73 Å². The molecule has 6 heteroatoms. The predicted molar refractivity (Wildman–Crippen MR) is 81.2 cm³/mol. The predicted octanol–water partition coefficient (Wildman–Crippen LogP) is 1.28. The molecule has 1 atom stereocenters. The van der Waals surface area contributed by atoms with Crippen LogP contribution in [-0.2, 0) is 4.79 Å². The van der Waals surface area contributed by atoms with Gasteiger partial charge < -0.3 is 21.1 Å². The third kappa shape index (κ3) is 2.60. The van der Waals surface area contributed by atoms with Gasteiger partial charge in [0.15, 0.2) is 5.11 Å². The van der Waals surface area contributed by atoms with Crippen molar-refractivity contribution in [1.29, 1.82) is 0 Å². The van der Waals surface area contributed by atoms with Crippen LogP contribution in [0.4, 0.5) is 0 Å². The van der Waals surface area contributed by atoms with E-state index >= 15 is 0 Å². The summed E-state index contributed by atoms with van der Waals surface area (Å²) in [6.07, 6.45) is 0. The zero-order chi connectivity index (χ0) is 14.9. The first kappa shape index (κ1) is 14.3. The van der Waals surface area contributed by atoms with Crippen LogP contribution in [0, 0.1) is 6.92 Å². The number of allylic oxidation sites excluding steroid dienone is 1. The number of hydrogen-bond acceptors (Lipinski definition) is 3. The number of primary amides is 1. The van der Waals surface area contributed by atoms with Crippen LogP contribution in [0.5, 0.6) is 5.75 Å². The van der Waals surface area contributed by atoms with Crippen molar-refractivity contribution in [2.75, 3.05) is 7.11 Å². The first-order chi connectivity index (χ1) is 9.43. The Bertz CT molecular complexity index is 610. The highest BCUT2D eigenvalue weighted by Gasteiger charge is 2.28. The number of amides is 1. The molecule has 1 aromatic rings. The summed E-state index contributed by atoms with van der Waals surface area (Å²) in [5, 5.41) is 6.48. The van der Waals surface area contributed by atoms with Crippen LogP contribution in [0.25, 0.3) is 0 Å². The molecule has 0 aliphatic carbocycles. The lowest BCUT2D eigenvalue weighted by Gasteiger charge is -2.29. The number of carbonyl (C=O) groups is 1. The highest BCUT2D eigenvalue weighted by Crippen LogP contribution is 2.29. The van der Waals surface area contributed by atoms with Crippen molar-refractivity contribution in [3.8, 4) is 5.75 Å².